The van der Waals surface area contributed by atoms with Crippen molar-refractivity contribution in [2.75, 3.05) is 20.8 Å². The Morgan fingerprint density at radius 3 is 2.82 bits per heavy atom. The van der Waals surface area contributed by atoms with E-state index in [0.29, 0.717) is 37.7 Å². The molecule has 8 nitrogen and oxygen atoms in total. The molecule has 0 fully saturated rings. The van der Waals surface area contributed by atoms with Crippen LogP contribution in [0, 0.1) is 6.92 Å². The van der Waals surface area contributed by atoms with Crippen molar-refractivity contribution >= 4 is 5.91 Å². The van der Waals surface area contributed by atoms with E-state index in [4.69, 9.17) is 14.2 Å². The highest BCUT2D eigenvalue weighted by atomic mass is 16.5. The molecule has 1 N–H and O–H groups in total. The fourth-order valence-electron chi connectivity index (χ4n) is 3.51. The predicted octanol–water partition coefficient (Wildman–Crippen LogP) is 2.19. The van der Waals surface area contributed by atoms with Crippen LogP contribution in [-0.4, -0.2) is 47.6 Å². The first kappa shape index (κ1) is 20.3. The van der Waals surface area contributed by atoms with Gasteiger partial charge in [0.25, 0.3) is 5.91 Å². The molecule has 2 atom stereocenters. The first-order chi connectivity index (χ1) is 13.4. The minimum atomic E-state index is -0.152. The van der Waals surface area contributed by atoms with Crippen LogP contribution in [0.3, 0.4) is 0 Å². The number of hydrogen-bond acceptors (Lipinski definition) is 6. The van der Waals surface area contributed by atoms with Gasteiger partial charge in [-0.25, -0.2) is 4.98 Å². The molecule has 0 unspecified atom stereocenters. The molecule has 0 radical (unpaired) electrons. The van der Waals surface area contributed by atoms with Crippen molar-refractivity contribution in [1.82, 2.24) is 20.1 Å². The maximum atomic E-state index is 13.1. The van der Waals surface area contributed by atoms with Crippen molar-refractivity contribution in [3.63, 3.8) is 0 Å². The Bertz CT molecular complexity index is 849. The third kappa shape index (κ3) is 4.18. The largest absolute Gasteiger partial charge is 0.481 e. The second kappa shape index (κ2) is 8.70. The number of rotatable bonds is 7. The van der Waals surface area contributed by atoms with Crippen LogP contribution in [0.5, 0.6) is 5.88 Å². The molecule has 0 saturated carbocycles. The highest BCUT2D eigenvalue weighted by molar-refractivity contribution is 5.94. The molecule has 0 spiro atoms. The van der Waals surface area contributed by atoms with Crippen LogP contribution in [0.15, 0.2) is 12.1 Å². The van der Waals surface area contributed by atoms with Gasteiger partial charge in [-0.1, -0.05) is 6.07 Å². The van der Waals surface area contributed by atoms with Gasteiger partial charge < -0.3 is 19.5 Å². The Morgan fingerprint density at radius 2 is 2.14 bits per heavy atom. The van der Waals surface area contributed by atoms with Crippen LogP contribution in [0.2, 0.25) is 0 Å². The van der Waals surface area contributed by atoms with Crippen molar-refractivity contribution in [3.05, 3.63) is 40.3 Å². The van der Waals surface area contributed by atoms with Crippen molar-refractivity contribution in [3.8, 4) is 5.88 Å². The minimum absolute atomic E-state index is 0.0437. The molecule has 1 aliphatic rings. The number of nitrogens with one attached hydrogen (secondary N) is 1. The van der Waals surface area contributed by atoms with Crippen LogP contribution in [0.25, 0.3) is 0 Å². The number of carbonyl (C=O) groups is 1. The smallest absolute Gasteiger partial charge is 0.270 e. The van der Waals surface area contributed by atoms with E-state index in [9.17, 15) is 4.79 Å². The fourth-order valence-corrected chi connectivity index (χ4v) is 3.51. The van der Waals surface area contributed by atoms with Gasteiger partial charge in [0, 0.05) is 37.4 Å². The zero-order chi connectivity index (χ0) is 20.3. The topological polar surface area (TPSA) is 87.5 Å². The Balaban J connectivity index is 1.84. The molecule has 28 heavy (non-hydrogen) atoms. The standard InChI is InChI=1S/C20H28N4O4/c1-12-10-16-18(14(3)28-12)23-24(8-9-26-4)19(16)20(25)21-11-15-6-7-17(27-5)22-13(15)2/h6-7,12,14H,8-11H2,1-5H3,(H,21,25)/t12-,14+/m0/s1. The molecule has 8 heteroatoms. The number of pyridine rings is 1. The first-order valence-electron chi connectivity index (χ1n) is 9.47. The third-order valence-electron chi connectivity index (χ3n) is 4.94. The average Bonchev–Trinajstić information content (AvgIpc) is 3.03. The average molecular weight is 388 g/mol. The monoisotopic (exact) mass is 388 g/mol. The highest BCUT2D eigenvalue weighted by Crippen LogP contribution is 2.31. The van der Waals surface area contributed by atoms with E-state index in [1.165, 1.54) is 0 Å². The summed E-state index contributed by atoms with van der Waals surface area (Å²) in [5.74, 6) is 0.406. The Kier molecular flexibility index (Phi) is 6.31. The fraction of sp³-hybridized carbons (Fsp3) is 0.550. The zero-order valence-corrected chi connectivity index (χ0v) is 17.1. The van der Waals surface area contributed by atoms with Gasteiger partial charge in [0.15, 0.2) is 0 Å². The summed E-state index contributed by atoms with van der Waals surface area (Å²) in [5, 5.41) is 7.66. The molecular weight excluding hydrogens is 360 g/mol. The number of aromatic nitrogens is 3. The quantitative estimate of drug-likeness (QED) is 0.782. The molecule has 3 heterocycles. The normalized spacial score (nSPS) is 18.6. The highest BCUT2D eigenvalue weighted by Gasteiger charge is 2.32. The van der Waals surface area contributed by atoms with Gasteiger partial charge in [0.2, 0.25) is 5.88 Å². The molecular formula is C20H28N4O4. The number of carbonyl (C=O) groups excluding carboxylic acids is 1. The molecule has 2 aromatic rings. The molecule has 1 amide bonds. The summed E-state index contributed by atoms with van der Waals surface area (Å²) in [6.45, 7) is 7.25. The molecule has 3 rings (SSSR count). The molecule has 152 valence electrons. The number of amides is 1. The predicted molar refractivity (Wildman–Crippen MR) is 103 cm³/mol. The van der Waals surface area contributed by atoms with E-state index in [-0.39, 0.29) is 18.1 Å². The van der Waals surface area contributed by atoms with Gasteiger partial charge in [-0.2, -0.15) is 5.10 Å². The van der Waals surface area contributed by atoms with E-state index < -0.39 is 0 Å². The molecule has 2 aromatic heterocycles. The van der Waals surface area contributed by atoms with Gasteiger partial charge >= 0.3 is 0 Å². The van der Waals surface area contributed by atoms with Gasteiger partial charge in [-0.15, -0.1) is 0 Å². The van der Waals surface area contributed by atoms with E-state index in [1.54, 1.807) is 25.0 Å². The summed E-state index contributed by atoms with van der Waals surface area (Å²) in [6, 6.07) is 3.71. The molecule has 0 saturated heterocycles. The molecule has 0 aromatic carbocycles. The zero-order valence-electron chi connectivity index (χ0n) is 17.1. The number of ether oxygens (including phenoxy) is 3. The molecule has 0 bridgehead atoms. The van der Waals surface area contributed by atoms with Gasteiger partial charge in [-0.3, -0.25) is 9.48 Å². The maximum absolute atomic E-state index is 13.1. The number of aryl methyl sites for hydroxylation is 1. The van der Waals surface area contributed by atoms with Crippen LogP contribution >= 0.6 is 0 Å². The van der Waals surface area contributed by atoms with E-state index in [2.05, 4.69) is 15.4 Å². The van der Waals surface area contributed by atoms with Crippen LogP contribution < -0.4 is 10.1 Å². The van der Waals surface area contributed by atoms with Crippen molar-refractivity contribution < 1.29 is 19.0 Å². The molecule has 0 aliphatic carbocycles. The summed E-state index contributed by atoms with van der Waals surface area (Å²) in [7, 11) is 3.22. The van der Waals surface area contributed by atoms with Gasteiger partial charge in [0.1, 0.15) is 5.69 Å². The SMILES string of the molecule is COCCn1nc2c(c1C(=O)NCc1ccc(OC)nc1C)C[C@H](C)O[C@@H]2C. The summed E-state index contributed by atoms with van der Waals surface area (Å²) in [5.41, 5.74) is 4.15. The lowest BCUT2D eigenvalue weighted by Crippen LogP contribution is -2.29. The summed E-state index contributed by atoms with van der Waals surface area (Å²) >= 11 is 0. The minimum Gasteiger partial charge on any atom is -0.481 e. The van der Waals surface area contributed by atoms with Crippen LogP contribution in [0.4, 0.5) is 0 Å². The van der Waals surface area contributed by atoms with Crippen LogP contribution in [0.1, 0.15) is 53.0 Å². The number of methoxy groups -OCH3 is 2. The Hall–Kier alpha value is -2.45. The second-order valence-corrected chi connectivity index (χ2v) is 7.00. The van der Waals surface area contributed by atoms with E-state index >= 15 is 0 Å². The Labute approximate surface area is 165 Å². The van der Waals surface area contributed by atoms with Gasteiger partial charge in [-0.05, 0) is 26.3 Å². The number of fused-ring (bicyclic) bond motifs is 1. The van der Waals surface area contributed by atoms with E-state index in [0.717, 1.165) is 22.5 Å². The van der Waals surface area contributed by atoms with Gasteiger partial charge in [0.05, 0.1) is 38.2 Å². The first-order valence-corrected chi connectivity index (χ1v) is 9.47. The second-order valence-electron chi connectivity index (χ2n) is 7.00. The summed E-state index contributed by atoms with van der Waals surface area (Å²) in [6.07, 6.45) is 0.572. The number of hydrogen-bond donors (Lipinski definition) is 1. The lowest BCUT2D eigenvalue weighted by Gasteiger charge is -2.24. The van der Waals surface area contributed by atoms with Crippen molar-refractivity contribution in [2.24, 2.45) is 0 Å². The van der Waals surface area contributed by atoms with Crippen molar-refractivity contribution in [1.29, 1.82) is 0 Å². The lowest BCUT2D eigenvalue weighted by atomic mass is 9.99. The lowest BCUT2D eigenvalue weighted by molar-refractivity contribution is -0.00716. The third-order valence-corrected chi connectivity index (χ3v) is 4.94. The molecule has 1 aliphatic heterocycles. The summed E-state index contributed by atoms with van der Waals surface area (Å²) in [4.78, 5) is 17.4. The van der Waals surface area contributed by atoms with E-state index in [1.807, 2.05) is 26.8 Å². The summed E-state index contributed by atoms with van der Waals surface area (Å²) < 4.78 is 17.9. The number of nitrogens with zero attached hydrogens (tertiary/aromatic N) is 3. The Morgan fingerprint density at radius 1 is 1.36 bits per heavy atom. The van der Waals surface area contributed by atoms with Crippen LogP contribution in [-0.2, 0) is 29.0 Å². The maximum Gasteiger partial charge on any atom is 0.270 e. The van der Waals surface area contributed by atoms with Crippen molar-refractivity contribution in [2.45, 2.75) is 52.5 Å².